The molecule has 3 heteroatoms. The van der Waals surface area contributed by atoms with E-state index in [1.165, 1.54) is 15.3 Å². The van der Waals surface area contributed by atoms with E-state index in [0.29, 0.717) is 6.42 Å². The van der Waals surface area contributed by atoms with Crippen LogP contribution >= 0.6 is 11.3 Å². The number of aryl methyl sites for hydroxylation is 4. The van der Waals surface area contributed by atoms with E-state index in [-0.39, 0.29) is 5.91 Å². The second kappa shape index (κ2) is 6.02. The summed E-state index contributed by atoms with van der Waals surface area (Å²) in [5.74, 6) is 0.0815. The summed E-state index contributed by atoms with van der Waals surface area (Å²) < 4.78 is 0. The predicted molar refractivity (Wildman–Crippen MR) is 81.9 cm³/mol. The van der Waals surface area contributed by atoms with E-state index < -0.39 is 0 Å². The van der Waals surface area contributed by atoms with Gasteiger partial charge < -0.3 is 5.32 Å². The molecule has 1 aromatic carbocycles. The average Bonchev–Trinajstić information content (AvgIpc) is 2.76. The quantitative estimate of drug-likeness (QED) is 0.886. The number of rotatable bonds is 4. The summed E-state index contributed by atoms with van der Waals surface area (Å²) in [5, 5.41) is 2.98. The van der Waals surface area contributed by atoms with Crippen molar-refractivity contribution in [2.75, 3.05) is 5.32 Å². The topological polar surface area (TPSA) is 29.1 Å². The molecule has 1 amide bonds. The van der Waals surface area contributed by atoms with E-state index >= 15 is 0 Å². The Kier molecular flexibility index (Phi) is 4.38. The van der Waals surface area contributed by atoms with E-state index in [9.17, 15) is 4.79 Å². The lowest BCUT2D eigenvalue weighted by Crippen LogP contribution is -2.12. The van der Waals surface area contributed by atoms with Crippen LogP contribution in [0.25, 0.3) is 0 Å². The number of amides is 1. The summed E-state index contributed by atoms with van der Waals surface area (Å²) in [6, 6.07) is 10.3. The Labute approximate surface area is 118 Å². The van der Waals surface area contributed by atoms with Crippen molar-refractivity contribution >= 4 is 22.9 Å². The molecule has 0 radical (unpaired) electrons. The lowest BCUT2D eigenvalue weighted by Gasteiger charge is -2.08. The molecule has 1 heterocycles. The van der Waals surface area contributed by atoms with Crippen molar-refractivity contribution in [3.8, 4) is 0 Å². The normalized spacial score (nSPS) is 10.5. The number of carbonyl (C=O) groups is 1. The fourth-order valence-electron chi connectivity index (χ4n) is 2.02. The standard InChI is InChI=1S/C16H19NOS/c1-11-4-8-15(12(2)10-11)17-16(18)9-7-14-6-5-13(3)19-14/h4-6,8,10H,7,9H2,1-3H3,(H,17,18). The van der Waals surface area contributed by atoms with Crippen LogP contribution < -0.4 is 5.32 Å². The van der Waals surface area contributed by atoms with Gasteiger partial charge in [-0.1, -0.05) is 17.7 Å². The number of hydrogen-bond acceptors (Lipinski definition) is 2. The van der Waals surface area contributed by atoms with Gasteiger partial charge in [0, 0.05) is 21.9 Å². The van der Waals surface area contributed by atoms with Crippen molar-refractivity contribution < 1.29 is 4.79 Å². The highest BCUT2D eigenvalue weighted by atomic mass is 32.1. The molecule has 0 unspecified atom stereocenters. The van der Waals surface area contributed by atoms with Crippen molar-refractivity contribution in [3.05, 3.63) is 51.2 Å². The Morgan fingerprint density at radius 2 is 1.95 bits per heavy atom. The maximum atomic E-state index is 11.9. The fraction of sp³-hybridized carbons (Fsp3) is 0.312. The van der Waals surface area contributed by atoms with Crippen molar-refractivity contribution in [1.29, 1.82) is 0 Å². The summed E-state index contributed by atoms with van der Waals surface area (Å²) in [4.78, 5) is 14.5. The first-order valence-electron chi connectivity index (χ1n) is 6.47. The van der Waals surface area contributed by atoms with Crippen LogP contribution in [-0.2, 0) is 11.2 Å². The molecule has 0 aliphatic carbocycles. The van der Waals surface area contributed by atoms with Crippen LogP contribution in [0.4, 0.5) is 5.69 Å². The summed E-state index contributed by atoms with van der Waals surface area (Å²) >= 11 is 1.76. The van der Waals surface area contributed by atoms with Crippen LogP contribution in [0.3, 0.4) is 0 Å². The highest BCUT2D eigenvalue weighted by molar-refractivity contribution is 7.11. The van der Waals surface area contributed by atoms with Gasteiger partial charge >= 0.3 is 0 Å². The van der Waals surface area contributed by atoms with E-state index in [0.717, 1.165) is 17.7 Å². The molecule has 0 bridgehead atoms. The summed E-state index contributed by atoms with van der Waals surface area (Å²) in [6.07, 6.45) is 1.35. The number of nitrogens with one attached hydrogen (secondary N) is 1. The molecule has 0 aliphatic rings. The highest BCUT2D eigenvalue weighted by Gasteiger charge is 2.06. The molecule has 2 aromatic rings. The molecular weight excluding hydrogens is 254 g/mol. The SMILES string of the molecule is Cc1ccc(NC(=O)CCc2ccc(C)s2)c(C)c1. The zero-order valence-corrected chi connectivity index (χ0v) is 12.4. The number of anilines is 1. The minimum Gasteiger partial charge on any atom is -0.326 e. The maximum absolute atomic E-state index is 11.9. The van der Waals surface area contributed by atoms with Gasteiger partial charge in [-0.3, -0.25) is 4.79 Å². The van der Waals surface area contributed by atoms with Crippen LogP contribution in [0.2, 0.25) is 0 Å². The van der Waals surface area contributed by atoms with Crippen molar-refractivity contribution in [2.45, 2.75) is 33.6 Å². The largest absolute Gasteiger partial charge is 0.326 e. The number of thiophene rings is 1. The first-order chi connectivity index (χ1) is 9.04. The molecule has 100 valence electrons. The zero-order chi connectivity index (χ0) is 13.8. The average molecular weight is 273 g/mol. The van der Waals surface area contributed by atoms with Crippen LogP contribution in [0.15, 0.2) is 30.3 Å². The highest BCUT2D eigenvalue weighted by Crippen LogP contribution is 2.18. The Bertz CT molecular complexity index is 586. The summed E-state index contributed by atoms with van der Waals surface area (Å²) in [7, 11) is 0. The van der Waals surface area contributed by atoms with E-state index in [4.69, 9.17) is 0 Å². The Balaban J connectivity index is 1.90. The molecule has 19 heavy (non-hydrogen) atoms. The Morgan fingerprint density at radius 1 is 1.16 bits per heavy atom. The van der Waals surface area contributed by atoms with Gasteiger partial charge in [-0.2, -0.15) is 0 Å². The molecule has 1 N–H and O–H groups in total. The molecule has 0 atom stereocenters. The van der Waals surface area contributed by atoms with Gasteiger partial charge in [0.15, 0.2) is 0 Å². The van der Waals surface area contributed by atoms with Gasteiger partial charge in [-0.25, -0.2) is 0 Å². The molecule has 2 rings (SSSR count). The Hall–Kier alpha value is -1.61. The van der Waals surface area contributed by atoms with Crippen molar-refractivity contribution in [3.63, 3.8) is 0 Å². The first kappa shape index (κ1) is 13.8. The van der Waals surface area contributed by atoms with Crippen LogP contribution in [-0.4, -0.2) is 5.91 Å². The first-order valence-corrected chi connectivity index (χ1v) is 7.28. The van der Waals surface area contributed by atoms with Crippen LogP contribution in [0.1, 0.15) is 27.3 Å². The van der Waals surface area contributed by atoms with Crippen LogP contribution in [0.5, 0.6) is 0 Å². The van der Waals surface area contributed by atoms with Gasteiger partial charge in [0.2, 0.25) is 5.91 Å². The molecule has 0 spiro atoms. The molecule has 0 saturated carbocycles. The third-order valence-electron chi connectivity index (χ3n) is 3.05. The third-order valence-corrected chi connectivity index (χ3v) is 4.11. The van der Waals surface area contributed by atoms with E-state index in [1.54, 1.807) is 11.3 Å². The lowest BCUT2D eigenvalue weighted by atomic mass is 10.1. The fourth-order valence-corrected chi connectivity index (χ4v) is 2.91. The maximum Gasteiger partial charge on any atom is 0.224 e. The summed E-state index contributed by atoms with van der Waals surface area (Å²) in [6.45, 7) is 6.16. The van der Waals surface area contributed by atoms with Gasteiger partial charge in [0.1, 0.15) is 0 Å². The van der Waals surface area contributed by atoms with Crippen molar-refractivity contribution in [2.24, 2.45) is 0 Å². The molecule has 0 fully saturated rings. The van der Waals surface area contributed by atoms with Gasteiger partial charge in [-0.15, -0.1) is 11.3 Å². The monoisotopic (exact) mass is 273 g/mol. The molecule has 0 aliphatic heterocycles. The summed E-state index contributed by atoms with van der Waals surface area (Å²) in [5.41, 5.74) is 3.24. The number of hydrogen-bond donors (Lipinski definition) is 1. The third kappa shape index (κ3) is 3.93. The van der Waals surface area contributed by atoms with Gasteiger partial charge in [-0.05, 0) is 51.0 Å². The van der Waals surface area contributed by atoms with Crippen LogP contribution in [0, 0.1) is 20.8 Å². The smallest absolute Gasteiger partial charge is 0.224 e. The van der Waals surface area contributed by atoms with Gasteiger partial charge in [0.05, 0.1) is 0 Å². The Morgan fingerprint density at radius 3 is 2.58 bits per heavy atom. The molecular formula is C16H19NOS. The van der Waals surface area contributed by atoms with E-state index in [2.05, 4.69) is 37.4 Å². The lowest BCUT2D eigenvalue weighted by molar-refractivity contribution is -0.116. The second-order valence-corrected chi connectivity index (χ2v) is 6.25. The minimum atomic E-state index is 0.0815. The molecule has 2 nitrogen and oxygen atoms in total. The minimum absolute atomic E-state index is 0.0815. The molecule has 0 saturated heterocycles. The molecule has 1 aromatic heterocycles. The number of carbonyl (C=O) groups excluding carboxylic acids is 1. The second-order valence-electron chi connectivity index (χ2n) is 4.88. The zero-order valence-electron chi connectivity index (χ0n) is 11.6. The van der Waals surface area contributed by atoms with Crippen molar-refractivity contribution in [1.82, 2.24) is 0 Å². The van der Waals surface area contributed by atoms with E-state index in [1.807, 2.05) is 19.1 Å². The van der Waals surface area contributed by atoms with Gasteiger partial charge in [0.25, 0.3) is 0 Å². The predicted octanol–water partition coefficient (Wildman–Crippen LogP) is 4.24. The number of benzene rings is 1.